The number of nitrogens with zero attached hydrogens (tertiary/aromatic N) is 2. The Kier molecular flexibility index (Phi) is 4.98. The minimum Gasteiger partial charge on any atom is -0.354 e. The molecule has 1 aromatic carbocycles. The monoisotopic (exact) mass is 313 g/mol. The highest BCUT2D eigenvalue weighted by Gasteiger charge is 2.32. The van der Waals surface area contributed by atoms with Crippen LogP contribution in [0.4, 0.5) is 0 Å². The summed E-state index contributed by atoms with van der Waals surface area (Å²) in [6, 6.07) is 12.7. The zero-order valence-electron chi connectivity index (χ0n) is 14.0. The van der Waals surface area contributed by atoms with Crippen molar-refractivity contribution in [3.63, 3.8) is 0 Å². The zero-order valence-corrected chi connectivity index (χ0v) is 14.0. The number of carbonyl (C=O) groups is 1. The number of nitrogens with one attached hydrogen (secondary N) is 1. The molecule has 5 nitrogen and oxygen atoms in total. The minimum absolute atomic E-state index is 0.217. The van der Waals surface area contributed by atoms with Gasteiger partial charge in [0, 0.05) is 18.2 Å². The van der Waals surface area contributed by atoms with Gasteiger partial charge in [-0.25, -0.2) is 4.68 Å². The Morgan fingerprint density at radius 3 is 2.43 bits per heavy atom. The van der Waals surface area contributed by atoms with Gasteiger partial charge in [0.15, 0.2) is 0 Å². The maximum Gasteiger partial charge on any atom is 0.267 e. The zero-order chi connectivity index (χ0) is 17.0. The molecule has 23 heavy (non-hydrogen) atoms. The second-order valence-corrected chi connectivity index (χ2v) is 6.50. The Hall–Kier alpha value is -2.43. The number of benzene rings is 1. The first-order valence-corrected chi connectivity index (χ1v) is 7.77. The topological polar surface area (TPSA) is 64.0 Å². The van der Waals surface area contributed by atoms with Crippen LogP contribution in [0.1, 0.15) is 27.7 Å². The molecule has 5 heteroatoms. The fraction of sp³-hybridized carbons (Fsp3) is 0.389. The average Bonchev–Trinajstić information content (AvgIpc) is 2.53. The van der Waals surface area contributed by atoms with Gasteiger partial charge in [0.2, 0.25) is 5.91 Å². The third-order valence-electron chi connectivity index (χ3n) is 3.63. The van der Waals surface area contributed by atoms with Gasteiger partial charge < -0.3 is 5.32 Å². The average molecular weight is 313 g/mol. The summed E-state index contributed by atoms with van der Waals surface area (Å²) in [5.74, 6) is 0.126. The second-order valence-electron chi connectivity index (χ2n) is 6.50. The lowest BCUT2D eigenvalue weighted by molar-refractivity contribution is -0.129. The van der Waals surface area contributed by atoms with Crippen molar-refractivity contribution in [2.75, 3.05) is 6.54 Å². The molecule has 1 N–H and O–H groups in total. The Balaban J connectivity index is 2.38. The van der Waals surface area contributed by atoms with Crippen LogP contribution in [-0.4, -0.2) is 22.2 Å². The van der Waals surface area contributed by atoms with Gasteiger partial charge in [-0.15, -0.1) is 0 Å². The highest BCUT2D eigenvalue weighted by atomic mass is 16.2. The van der Waals surface area contributed by atoms with Crippen LogP contribution >= 0.6 is 0 Å². The largest absolute Gasteiger partial charge is 0.354 e. The molecule has 122 valence electrons. The maximum atomic E-state index is 12.5. The minimum atomic E-state index is -1.06. The lowest BCUT2D eigenvalue weighted by Gasteiger charge is -2.25. The Morgan fingerprint density at radius 2 is 1.83 bits per heavy atom. The van der Waals surface area contributed by atoms with Gasteiger partial charge in [-0.3, -0.25) is 9.59 Å². The summed E-state index contributed by atoms with van der Waals surface area (Å²) in [5, 5.41) is 7.27. The summed E-state index contributed by atoms with van der Waals surface area (Å²) in [4.78, 5) is 24.7. The Bertz CT molecular complexity index is 733. The number of hydrogen-bond donors (Lipinski definition) is 1. The smallest absolute Gasteiger partial charge is 0.267 e. The third-order valence-corrected chi connectivity index (χ3v) is 3.63. The van der Waals surface area contributed by atoms with Crippen molar-refractivity contribution >= 4 is 5.91 Å². The van der Waals surface area contributed by atoms with E-state index in [1.807, 2.05) is 44.2 Å². The van der Waals surface area contributed by atoms with E-state index in [4.69, 9.17) is 0 Å². The van der Waals surface area contributed by atoms with Crippen LogP contribution in [0.15, 0.2) is 47.3 Å². The highest BCUT2D eigenvalue weighted by molar-refractivity contribution is 5.83. The fourth-order valence-electron chi connectivity index (χ4n) is 2.18. The van der Waals surface area contributed by atoms with Gasteiger partial charge in [0.25, 0.3) is 5.56 Å². The molecule has 1 aromatic heterocycles. The summed E-state index contributed by atoms with van der Waals surface area (Å²) in [7, 11) is 0. The van der Waals surface area contributed by atoms with E-state index in [-0.39, 0.29) is 11.5 Å². The van der Waals surface area contributed by atoms with E-state index in [2.05, 4.69) is 10.4 Å². The van der Waals surface area contributed by atoms with Gasteiger partial charge in [-0.1, -0.05) is 44.2 Å². The predicted molar refractivity (Wildman–Crippen MR) is 91.1 cm³/mol. The van der Waals surface area contributed by atoms with Gasteiger partial charge in [0.05, 0.1) is 5.69 Å². The number of rotatable bonds is 5. The van der Waals surface area contributed by atoms with Crippen molar-refractivity contribution in [3.05, 3.63) is 52.8 Å². The normalized spacial score (nSPS) is 11.5. The first-order chi connectivity index (χ1) is 10.8. The van der Waals surface area contributed by atoms with Crippen LogP contribution in [0.25, 0.3) is 11.3 Å². The maximum absolute atomic E-state index is 12.5. The molecule has 0 fully saturated rings. The Labute approximate surface area is 136 Å². The summed E-state index contributed by atoms with van der Waals surface area (Å²) in [5.41, 5.74) is 0.209. The molecule has 0 saturated heterocycles. The third kappa shape index (κ3) is 3.86. The number of aromatic nitrogens is 2. The van der Waals surface area contributed by atoms with Crippen LogP contribution in [0.2, 0.25) is 0 Å². The van der Waals surface area contributed by atoms with Crippen LogP contribution in [0.5, 0.6) is 0 Å². The van der Waals surface area contributed by atoms with E-state index in [9.17, 15) is 9.59 Å². The summed E-state index contributed by atoms with van der Waals surface area (Å²) < 4.78 is 1.25. The first kappa shape index (κ1) is 16.9. The molecule has 0 saturated carbocycles. The van der Waals surface area contributed by atoms with Gasteiger partial charge in [0.1, 0.15) is 5.54 Å². The van der Waals surface area contributed by atoms with Gasteiger partial charge in [-0.2, -0.15) is 5.10 Å². The standard InChI is InChI=1S/C18H23N3O2/c1-13(2)12-19-17(23)18(3,4)21-16(22)11-10-15(20-21)14-8-6-5-7-9-14/h5-11,13H,12H2,1-4H3,(H,19,23). The SMILES string of the molecule is CC(C)CNC(=O)C(C)(C)n1nc(-c2ccccc2)ccc1=O. The van der Waals surface area contributed by atoms with E-state index in [0.717, 1.165) is 5.56 Å². The second kappa shape index (κ2) is 6.77. The molecule has 0 unspecified atom stereocenters. The molecule has 2 rings (SSSR count). The molecular weight excluding hydrogens is 290 g/mol. The molecular formula is C18H23N3O2. The van der Waals surface area contributed by atoms with Crippen LogP contribution in [0, 0.1) is 5.92 Å². The predicted octanol–water partition coefficient (Wildman–Crippen LogP) is 2.42. The Morgan fingerprint density at radius 1 is 1.17 bits per heavy atom. The first-order valence-electron chi connectivity index (χ1n) is 7.77. The van der Waals surface area contributed by atoms with Gasteiger partial charge >= 0.3 is 0 Å². The van der Waals surface area contributed by atoms with E-state index >= 15 is 0 Å². The molecule has 0 atom stereocenters. The van der Waals surface area contributed by atoms with E-state index < -0.39 is 5.54 Å². The molecule has 0 spiro atoms. The summed E-state index contributed by atoms with van der Waals surface area (Å²) in [6.07, 6.45) is 0. The summed E-state index contributed by atoms with van der Waals surface area (Å²) in [6.45, 7) is 8.01. The van der Waals surface area contributed by atoms with Crippen molar-refractivity contribution in [2.24, 2.45) is 5.92 Å². The molecule has 0 aliphatic rings. The van der Waals surface area contributed by atoms with E-state index in [1.165, 1.54) is 10.7 Å². The molecule has 0 aliphatic carbocycles. The molecule has 0 bridgehead atoms. The number of hydrogen-bond acceptors (Lipinski definition) is 3. The molecule has 1 heterocycles. The number of amides is 1. The lowest BCUT2D eigenvalue weighted by atomic mass is 10.0. The quantitative estimate of drug-likeness (QED) is 0.922. The summed E-state index contributed by atoms with van der Waals surface area (Å²) >= 11 is 0. The lowest BCUT2D eigenvalue weighted by Crippen LogP contribution is -2.50. The van der Waals surface area contributed by atoms with Crippen LogP contribution < -0.4 is 10.9 Å². The van der Waals surface area contributed by atoms with Crippen molar-refractivity contribution in [1.82, 2.24) is 15.1 Å². The van der Waals surface area contributed by atoms with Crippen molar-refractivity contribution in [3.8, 4) is 11.3 Å². The van der Waals surface area contributed by atoms with Crippen molar-refractivity contribution in [1.29, 1.82) is 0 Å². The highest BCUT2D eigenvalue weighted by Crippen LogP contribution is 2.17. The van der Waals surface area contributed by atoms with Crippen molar-refractivity contribution in [2.45, 2.75) is 33.2 Å². The van der Waals surface area contributed by atoms with Crippen molar-refractivity contribution < 1.29 is 4.79 Å². The molecule has 0 aliphatic heterocycles. The van der Waals surface area contributed by atoms with Crippen LogP contribution in [-0.2, 0) is 10.3 Å². The van der Waals surface area contributed by atoms with Crippen LogP contribution in [0.3, 0.4) is 0 Å². The molecule has 1 amide bonds. The molecule has 0 radical (unpaired) electrons. The van der Waals surface area contributed by atoms with E-state index in [0.29, 0.717) is 18.2 Å². The van der Waals surface area contributed by atoms with Gasteiger partial charge in [-0.05, 0) is 25.8 Å². The number of carbonyl (C=O) groups excluding carboxylic acids is 1. The fourth-order valence-corrected chi connectivity index (χ4v) is 2.18. The molecule has 2 aromatic rings. The van der Waals surface area contributed by atoms with E-state index in [1.54, 1.807) is 19.9 Å².